The Hall–Kier alpha value is -1.77. The van der Waals surface area contributed by atoms with E-state index in [0.29, 0.717) is 0 Å². The van der Waals surface area contributed by atoms with E-state index < -0.39 is 11.4 Å². The lowest BCUT2D eigenvalue weighted by Crippen LogP contribution is -2.28. The van der Waals surface area contributed by atoms with Crippen molar-refractivity contribution in [3.63, 3.8) is 0 Å². The molecule has 0 spiro atoms. The van der Waals surface area contributed by atoms with E-state index in [1.54, 1.807) is 13.8 Å². The third-order valence-electron chi connectivity index (χ3n) is 4.18. The molecule has 0 unspecified atom stereocenters. The van der Waals surface area contributed by atoms with Crippen molar-refractivity contribution in [2.75, 3.05) is 0 Å². The zero-order valence-corrected chi connectivity index (χ0v) is 11.4. The third-order valence-corrected chi connectivity index (χ3v) is 4.18. The fourth-order valence-corrected chi connectivity index (χ4v) is 2.45. The van der Waals surface area contributed by atoms with Crippen LogP contribution in [-0.2, 0) is 16.8 Å². The lowest BCUT2D eigenvalue weighted by molar-refractivity contribution is -0.142. The van der Waals surface area contributed by atoms with Gasteiger partial charge in [0.15, 0.2) is 0 Å². The summed E-state index contributed by atoms with van der Waals surface area (Å²) in [5.41, 5.74) is 1.22. The average molecular weight is 257 g/mol. The van der Waals surface area contributed by atoms with Gasteiger partial charge < -0.3 is 9.67 Å². The number of fused-ring (bicyclic) bond motifs is 1. The lowest BCUT2D eigenvalue weighted by Gasteiger charge is -2.19. The summed E-state index contributed by atoms with van der Waals surface area (Å²) in [7, 11) is 0. The normalized spacial score (nSPS) is 15.9. The first kappa shape index (κ1) is 12.3. The number of benzene rings is 1. The Morgan fingerprint density at radius 1 is 1.37 bits per heavy atom. The molecule has 0 saturated heterocycles. The summed E-state index contributed by atoms with van der Waals surface area (Å²) in [4.78, 5) is 11.3. The maximum Gasteiger partial charge on any atom is 0.313 e. The SMILES string of the molecule is CC(C)(C(=O)O)c1ccc2c(ccn2CC2CC2)c1. The van der Waals surface area contributed by atoms with Gasteiger partial charge in [-0.25, -0.2) is 0 Å². The Labute approximate surface area is 112 Å². The molecule has 2 aromatic rings. The van der Waals surface area contributed by atoms with Crippen molar-refractivity contribution < 1.29 is 9.90 Å². The summed E-state index contributed by atoms with van der Waals surface area (Å²) in [5, 5.41) is 10.4. The van der Waals surface area contributed by atoms with Gasteiger partial charge in [-0.05, 0) is 61.8 Å². The molecule has 0 amide bonds. The van der Waals surface area contributed by atoms with Crippen molar-refractivity contribution in [1.82, 2.24) is 4.57 Å². The average Bonchev–Trinajstić information content (AvgIpc) is 3.09. The van der Waals surface area contributed by atoms with Crippen LogP contribution >= 0.6 is 0 Å². The molecule has 3 nitrogen and oxygen atoms in total. The molecule has 1 heterocycles. The smallest absolute Gasteiger partial charge is 0.313 e. The van der Waals surface area contributed by atoms with Gasteiger partial charge in [0.1, 0.15) is 0 Å². The fraction of sp³-hybridized carbons (Fsp3) is 0.438. The number of nitrogens with zero attached hydrogens (tertiary/aromatic N) is 1. The Balaban J connectivity index is 2.00. The quantitative estimate of drug-likeness (QED) is 0.912. The van der Waals surface area contributed by atoms with Gasteiger partial charge in [0.25, 0.3) is 0 Å². The van der Waals surface area contributed by atoms with E-state index in [-0.39, 0.29) is 0 Å². The van der Waals surface area contributed by atoms with Gasteiger partial charge in [0, 0.05) is 18.3 Å². The topological polar surface area (TPSA) is 42.2 Å². The number of carboxylic acids is 1. The molecule has 1 aromatic heterocycles. The predicted molar refractivity (Wildman–Crippen MR) is 75.3 cm³/mol. The number of aromatic nitrogens is 1. The number of hydrogen-bond acceptors (Lipinski definition) is 1. The highest BCUT2D eigenvalue weighted by molar-refractivity contribution is 5.85. The highest BCUT2D eigenvalue weighted by Crippen LogP contribution is 2.33. The van der Waals surface area contributed by atoms with Crippen LogP contribution in [0.3, 0.4) is 0 Å². The van der Waals surface area contributed by atoms with E-state index in [0.717, 1.165) is 23.4 Å². The number of carbonyl (C=O) groups is 1. The van der Waals surface area contributed by atoms with Crippen LogP contribution in [-0.4, -0.2) is 15.6 Å². The summed E-state index contributed by atoms with van der Waals surface area (Å²) >= 11 is 0. The van der Waals surface area contributed by atoms with E-state index in [1.807, 2.05) is 12.1 Å². The van der Waals surface area contributed by atoms with Gasteiger partial charge in [0.05, 0.1) is 5.41 Å². The molecule has 100 valence electrons. The van der Waals surface area contributed by atoms with E-state index >= 15 is 0 Å². The van der Waals surface area contributed by atoms with Crippen molar-refractivity contribution in [3.05, 3.63) is 36.0 Å². The maximum absolute atomic E-state index is 11.3. The fourth-order valence-electron chi connectivity index (χ4n) is 2.45. The molecule has 3 rings (SSSR count). The first-order valence-electron chi connectivity index (χ1n) is 6.81. The second kappa shape index (κ2) is 4.12. The van der Waals surface area contributed by atoms with Gasteiger partial charge in [-0.2, -0.15) is 0 Å². The van der Waals surface area contributed by atoms with Crippen molar-refractivity contribution >= 4 is 16.9 Å². The number of aliphatic carboxylic acids is 1. The molecule has 3 heteroatoms. The summed E-state index contributed by atoms with van der Waals surface area (Å²) < 4.78 is 2.28. The van der Waals surface area contributed by atoms with Gasteiger partial charge >= 0.3 is 5.97 Å². The van der Waals surface area contributed by atoms with Crippen LogP contribution in [0, 0.1) is 5.92 Å². The van der Waals surface area contributed by atoms with Gasteiger partial charge in [-0.1, -0.05) is 6.07 Å². The van der Waals surface area contributed by atoms with Crippen LogP contribution < -0.4 is 0 Å². The van der Waals surface area contributed by atoms with E-state index in [1.165, 1.54) is 18.4 Å². The standard InChI is InChI=1S/C16H19NO2/c1-16(2,15(18)19)13-5-6-14-12(9-13)7-8-17(14)10-11-3-4-11/h5-9,11H,3-4,10H2,1-2H3,(H,18,19). The molecule has 1 aromatic carbocycles. The Morgan fingerprint density at radius 3 is 2.74 bits per heavy atom. The van der Waals surface area contributed by atoms with Gasteiger partial charge in [0.2, 0.25) is 0 Å². The minimum absolute atomic E-state index is 0.788. The molecule has 1 aliphatic rings. The molecular formula is C16H19NO2. The summed E-state index contributed by atoms with van der Waals surface area (Å²) in [6.07, 6.45) is 4.79. The third kappa shape index (κ3) is 2.14. The zero-order chi connectivity index (χ0) is 13.6. The van der Waals surface area contributed by atoms with Crippen molar-refractivity contribution in [1.29, 1.82) is 0 Å². The van der Waals surface area contributed by atoms with E-state index in [2.05, 4.69) is 22.9 Å². The van der Waals surface area contributed by atoms with Crippen LogP contribution in [0.4, 0.5) is 0 Å². The number of hydrogen-bond donors (Lipinski definition) is 1. The largest absolute Gasteiger partial charge is 0.481 e. The predicted octanol–water partition coefficient (Wildman–Crippen LogP) is 3.41. The van der Waals surface area contributed by atoms with Crippen molar-refractivity contribution in [3.8, 4) is 0 Å². The van der Waals surface area contributed by atoms with Crippen molar-refractivity contribution in [2.24, 2.45) is 5.92 Å². The minimum Gasteiger partial charge on any atom is -0.481 e. The van der Waals surface area contributed by atoms with Crippen molar-refractivity contribution in [2.45, 2.75) is 38.6 Å². The highest BCUT2D eigenvalue weighted by atomic mass is 16.4. The summed E-state index contributed by atoms with van der Waals surface area (Å²) in [6.45, 7) is 4.58. The van der Waals surface area contributed by atoms with Crippen LogP contribution in [0.5, 0.6) is 0 Å². The van der Waals surface area contributed by atoms with Crippen LogP contribution in [0.1, 0.15) is 32.3 Å². The molecule has 1 aliphatic carbocycles. The van der Waals surface area contributed by atoms with Gasteiger partial charge in [-0.15, -0.1) is 0 Å². The second-order valence-corrected chi connectivity index (χ2v) is 6.12. The second-order valence-electron chi connectivity index (χ2n) is 6.12. The minimum atomic E-state index is -0.840. The summed E-state index contributed by atoms with van der Waals surface area (Å²) in [5.74, 6) is 0.0509. The highest BCUT2D eigenvalue weighted by Gasteiger charge is 2.29. The van der Waals surface area contributed by atoms with Gasteiger partial charge in [-0.3, -0.25) is 4.79 Å². The molecule has 0 atom stereocenters. The zero-order valence-electron chi connectivity index (χ0n) is 11.4. The first-order chi connectivity index (χ1) is 8.98. The Bertz CT molecular complexity index is 635. The first-order valence-corrected chi connectivity index (χ1v) is 6.81. The number of carboxylic acid groups (broad SMARTS) is 1. The van der Waals surface area contributed by atoms with E-state index in [4.69, 9.17) is 0 Å². The van der Waals surface area contributed by atoms with Crippen LogP contribution in [0.2, 0.25) is 0 Å². The van der Waals surface area contributed by atoms with Crippen LogP contribution in [0.25, 0.3) is 10.9 Å². The molecule has 0 aliphatic heterocycles. The molecular weight excluding hydrogens is 238 g/mol. The van der Waals surface area contributed by atoms with E-state index in [9.17, 15) is 9.90 Å². The monoisotopic (exact) mass is 257 g/mol. The number of rotatable bonds is 4. The molecule has 19 heavy (non-hydrogen) atoms. The molecule has 0 radical (unpaired) electrons. The van der Waals surface area contributed by atoms with Crippen LogP contribution in [0.15, 0.2) is 30.5 Å². The Kier molecular flexibility index (Phi) is 2.66. The molecule has 1 N–H and O–H groups in total. The maximum atomic E-state index is 11.3. The lowest BCUT2D eigenvalue weighted by atomic mass is 9.84. The molecule has 1 fully saturated rings. The Morgan fingerprint density at radius 2 is 2.11 bits per heavy atom. The molecule has 1 saturated carbocycles. The summed E-state index contributed by atoms with van der Waals surface area (Å²) in [6, 6.07) is 8.09. The molecule has 0 bridgehead atoms.